The van der Waals surface area contributed by atoms with Gasteiger partial charge in [0.2, 0.25) is 0 Å². The summed E-state index contributed by atoms with van der Waals surface area (Å²) < 4.78 is 7.69. The van der Waals surface area contributed by atoms with Crippen LogP contribution in [0.25, 0.3) is 16.2 Å². The standard InChI is InChI=1S/C13H11ClN2O2S2/c1-3-18-12(17)11-7(2)16-5-9(15-13(16)20-11)8-4-10(14)19-6-8/h4-6H,3H2,1-2H3. The van der Waals surface area contributed by atoms with E-state index < -0.39 is 0 Å². The summed E-state index contributed by atoms with van der Waals surface area (Å²) in [7, 11) is 0. The van der Waals surface area contributed by atoms with Crippen LogP contribution in [0.1, 0.15) is 22.3 Å². The highest BCUT2D eigenvalue weighted by atomic mass is 35.5. The summed E-state index contributed by atoms with van der Waals surface area (Å²) in [5.41, 5.74) is 2.70. The molecule has 3 aromatic heterocycles. The lowest BCUT2D eigenvalue weighted by atomic mass is 10.3. The Labute approximate surface area is 128 Å². The highest BCUT2D eigenvalue weighted by Gasteiger charge is 2.19. The van der Waals surface area contributed by atoms with Gasteiger partial charge >= 0.3 is 5.97 Å². The molecule has 3 rings (SSSR count). The van der Waals surface area contributed by atoms with Gasteiger partial charge in [0.15, 0.2) is 4.96 Å². The van der Waals surface area contributed by atoms with Crippen LogP contribution in [-0.4, -0.2) is 22.0 Å². The van der Waals surface area contributed by atoms with E-state index in [0.717, 1.165) is 26.2 Å². The first-order valence-electron chi connectivity index (χ1n) is 6.00. The van der Waals surface area contributed by atoms with E-state index in [4.69, 9.17) is 16.3 Å². The van der Waals surface area contributed by atoms with E-state index in [1.807, 2.05) is 29.0 Å². The summed E-state index contributed by atoms with van der Waals surface area (Å²) in [4.78, 5) is 17.7. The Morgan fingerprint density at radius 2 is 2.35 bits per heavy atom. The number of rotatable bonds is 3. The normalized spacial score (nSPS) is 11.2. The third kappa shape index (κ3) is 2.24. The molecule has 0 bridgehead atoms. The number of imidazole rings is 1. The van der Waals surface area contributed by atoms with E-state index >= 15 is 0 Å². The molecule has 0 saturated carbocycles. The van der Waals surface area contributed by atoms with Gasteiger partial charge in [-0.1, -0.05) is 22.9 Å². The number of halogens is 1. The first-order valence-corrected chi connectivity index (χ1v) is 8.07. The predicted molar refractivity (Wildman–Crippen MR) is 82.1 cm³/mol. The van der Waals surface area contributed by atoms with Crippen LogP contribution >= 0.6 is 34.3 Å². The molecule has 0 saturated heterocycles. The van der Waals surface area contributed by atoms with Crippen LogP contribution in [0.15, 0.2) is 17.6 Å². The summed E-state index contributed by atoms with van der Waals surface area (Å²) in [6.07, 6.45) is 1.92. The Balaban J connectivity index is 2.04. The number of aryl methyl sites for hydroxylation is 1. The van der Waals surface area contributed by atoms with Crippen LogP contribution in [-0.2, 0) is 4.74 Å². The van der Waals surface area contributed by atoms with Crippen LogP contribution in [0.5, 0.6) is 0 Å². The number of carbonyl (C=O) groups is 1. The number of thiophene rings is 1. The van der Waals surface area contributed by atoms with E-state index in [9.17, 15) is 4.79 Å². The first kappa shape index (κ1) is 13.6. The second-order valence-corrected chi connectivity index (χ2v) is 6.68. The van der Waals surface area contributed by atoms with Gasteiger partial charge in [0.1, 0.15) is 4.88 Å². The maximum Gasteiger partial charge on any atom is 0.350 e. The third-order valence-electron chi connectivity index (χ3n) is 2.88. The molecule has 0 N–H and O–H groups in total. The fraction of sp³-hybridized carbons (Fsp3) is 0.231. The van der Waals surface area contributed by atoms with Crippen molar-refractivity contribution in [3.63, 3.8) is 0 Å². The molecule has 3 heterocycles. The van der Waals surface area contributed by atoms with Gasteiger partial charge in [0.05, 0.1) is 16.6 Å². The average molecular weight is 327 g/mol. The van der Waals surface area contributed by atoms with Crippen molar-refractivity contribution in [2.24, 2.45) is 0 Å². The van der Waals surface area contributed by atoms with Crippen LogP contribution in [0.2, 0.25) is 4.34 Å². The number of aromatic nitrogens is 2. The number of thiazole rings is 1. The van der Waals surface area contributed by atoms with Crippen LogP contribution < -0.4 is 0 Å². The van der Waals surface area contributed by atoms with Gasteiger partial charge in [-0.2, -0.15) is 0 Å². The van der Waals surface area contributed by atoms with Gasteiger partial charge in [-0.05, 0) is 19.9 Å². The topological polar surface area (TPSA) is 43.6 Å². The number of fused-ring (bicyclic) bond motifs is 1. The average Bonchev–Trinajstić information content (AvgIpc) is 3.06. The largest absolute Gasteiger partial charge is 0.462 e. The van der Waals surface area contributed by atoms with Gasteiger partial charge in [-0.15, -0.1) is 11.3 Å². The highest BCUT2D eigenvalue weighted by molar-refractivity contribution is 7.19. The smallest absolute Gasteiger partial charge is 0.350 e. The Bertz CT molecular complexity index is 788. The summed E-state index contributed by atoms with van der Waals surface area (Å²) >= 11 is 8.76. The van der Waals surface area contributed by atoms with Gasteiger partial charge < -0.3 is 4.74 Å². The molecular weight excluding hydrogens is 316 g/mol. The van der Waals surface area contributed by atoms with Gasteiger partial charge in [0.25, 0.3) is 0 Å². The minimum atomic E-state index is -0.291. The number of ether oxygens (including phenoxy) is 1. The van der Waals surface area contributed by atoms with Gasteiger partial charge in [-0.3, -0.25) is 4.40 Å². The highest BCUT2D eigenvalue weighted by Crippen LogP contribution is 2.31. The molecule has 0 aliphatic heterocycles. The first-order chi connectivity index (χ1) is 9.60. The molecule has 3 aromatic rings. The molecule has 0 spiro atoms. The van der Waals surface area contributed by atoms with E-state index in [1.54, 1.807) is 6.92 Å². The minimum Gasteiger partial charge on any atom is -0.462 e. The molecule has 20 heavy (non-hydrogen) atoms. The zero-order chi connectivity index (χ0) is 14.3. The maximum absolute atomic E-state index is 11.8. The molecule has 7 heteroatoms. The lowest BCUT2D eigenvalue weighted by molar-refractivity contribution is 0.0531. The van der Waals surface area contributed by atoms with E-state index in [-0.39, 0.29) is 5.97 Å². The number of esters is 1. The zero-order valence-corrected chi connectivity index (χ0v) is 13.2. The van der Waals surface area contributed by atoms with Gasteiger partial charge in [-0.25, -0.2) is 9.78 Å². The fourth-order valence-corrected chi connectivity index (χ4v) is 3.80. The van der Waals surface area contributed by atoms with Crippen molar-refractivity contribution in [3.05, 3.63) is 32.6 Å². The number of hydrogen-bond acceptors (Lipinski definition) is 5. The summed E-state index contributed by atoms with van der Waals surface area (Å²) in [5.74, 6) is -0.291. The van der Waals surface area contributed by atoms with E-state index in [2.05, 4.69) is 4.98 Å². The molecule has 0 radical (unpaired) electrons. The second-order valence-electron chi connectivity index (χ2n) is 4.16. The molecule has 0 fully saturated rings. The molecule has 0 aromatic carbocycles. The van der Waals surface area contributed by atoms with Crippen LogP contribution in [0, 0.1) is 6.92 Å². The second kappa shape index (κ2) is 5.20. The van der Waals surface area contributed by atoms with E-state index in [1.165, 1.54) is 22.7 Å². The lowest BCUT2D eigenvalue weighted by Crippen LogP contribution is -2.04. The van der Waals surface area contributed by atoms with Crippen LogP contribution in [0.4, 0.5) is 0 Å². The fourth-order valence-electron chi connectivity index (χ4n) is 1.92. The van der Waals surface area contributed by atoms with Crippen molar-refractivity contribution < 1.29 is 9.53 Å². The van der Waals surface area contributed by atoms with Crippen molar-refractivity contribution in [2.75, 3.05) is 6.61 Å². The number of carbonyl (C=O) groups excluding carboxylic acids is 1. The Kier molecular flexibility index (Phi) is 3.54. The quantitative estimate of drug-likeness (QED) is 0.675. The Hall–Kier alpha value is -1.37. The molecule has 0 unspecified atom stereocenters. The Morgan fingerprint density at radius 1 is 1.55 bits per heavy atom. The Morgan fingerprint density at radius 3 is 2.95 bits per heavy atom. The van der Waals surface area contributed by atoms with E-state index in [0.29, 0.717) is 11.5 Å². The molecule has 0 aliphatic rings. The monoisotopic (exact) mass is 326 g/mol. The third-order valence-corrected chi connectivity index (χ3v) is 5.11. The molecule has 0 atom stereocenters. The van der Waals surface area contributed by atoms with Crippen molar-refractivity contribution >= 4 is 45.2 Å². The molecule has 0 amide bonds. The number of nitrogens with zero attached hydrogens (tertiary/aromatic N) is 2. The summed E-state index contributed by atoms with van der Waals surface area (Å²) in [5, 5.41) is 1.97. The molecular formula is C13H11ClN2O2S2. The lowest BCUT2D eigenvalue weighted by Gasteiger charge is -1.99. The van der Waals surface area contributed by atoms with Crippen molar-refractivity contribution in [2.45, 2.75) is 13.8 Å². The summed E-state index contributed by atoms with van der Waals surface area (Å²) in [6, 6.07) is 1.89. The SMILES string of the molecule is CCOC(=O)c1sc2nc(-c3csc(Cl)c3)cn2c1C. The van der Waals surface area contributed by atoms with Gasteiger partial charge in [0, 0.05) is 22.8 Å². The predicted octanol–water partition coefficient (Wildman–Crippen LogP) is 4.26. The van der Waals surface area contributed by atoms with Crippen LogP contribution in [0.3, 0.4) is 0 Å². The minimum absolute atomic E-state index is 0.291. The molecule has 0 aliphatic carbocycles. The molecule has 104 valence electrons. The number of hydrogen-bond donors (Lipinski definition) is 0. The van der Waals surface area contributed by atoms with Crippen molar-refractivity contribution in [1.82, 2.24) is 9.38 Å². The maximum atomic E-state index is 11.8. The summed E-state index contributed by atoms with van der Waals surface area (Å²) in [6.45, 7) is 4.06. The van der Waals surface area contributed by atoms with Crippen molar-refractivity contribution in [3.8, 4) is 11.3 Å². The van der Waals surface area contributed by atoms with Crippen molar-refractivity contribution in [1.29, 1.82) is 0 Å². The molecule has 4 nitrogen and oxygen atoms in total. The zero-order valence-electron chi connectivity index (χ0n) is 10.8.